The fourth-order valence-electron chi connectivity index (χ4n) is 2.28. The van der Waals surface area contributed by atoms with Gasteiger partial charge in [0.05, 0.1) is 0 Å². The van der Waals surface area contributed by atoms with Crippen molar-refractivity contribution in [1.82, 2.24) is 0 Å². The molecule has 0 atom stereocenters. The minimum Gasteiger partial charge on any atom is -0.0924 e. The minimum atomic E-state index is 1.03. The first-order valence-corrected chi connectivity index (χ1v) is 7.06. The van der Waals surface area contributed by atoms with Crippen molar-refractivity contribution < 1.29 is 0 Å². The molecule has 0 unspecified atom stereocenters. The summed E-state index contributed by atoms with van der Waals surface area (Å²) in [5, 5.41) is 1.03. The molecule has 0 aliphatic heterocycles. The quantitative estimate of drug-likeness (QED) is 0.704. The molecule has 0 saturated carbocycles. The van der Waals surface area contributed by atoms with Gasteiger partial charge in [-0.05, 0) is 48.1 Å². The van der Waals surface area contributed by atoms with Crippen LogP contribution >= 0.6 is 15.9 Å². The first-order chi connectivity index (χ1) is 8.22. The molecule has 0 fully saturated rings. The summed E-state index contributed by atoms with van der Waals surface area (Å²) < 4.78 is 0. The van der Waals surface area contributed by atoms with E-state index in [4.69, 9.17) is 0 Å². The van der Waals surface area contributed by atoms with E-state index in [0.29, 0.717) is 0 Å². The van der Waals surface area contributed by atoms with Crippen LogP contribution in [0.3, 0.4) is 0 Å². The van der Waals surface area contributed by atoms with Crippen LogP contribution in [0.2, 0.25) is 0 Å². The summed E-state index contributed by atoms with van der Waals surface area (Å²) >= 11 is 3.52. The van der Waals surface area contributed by atoms with Crippen molar-refractivity contribution in [2.24, 2.45) is 0 Å². The van der Waals surface area contributed by atoms with Crippen molar-refractivity contribution in [3.05, 3.63) is 59.2 Å². The molecule has 2 aromatic rings. The Kier molecular flexibility index (Phi) is 4.01. The first-order valence-electron chi connectivity index (χ1n) is 5.94. The van der Waals surface area contributed by atoms with Gasteiger partial charge in [-0.2, -0.15) is 0 Å². The van der Waals surface area contributed by atoms with Gasteiger partial charge in [0.15, 0.2) is 0 Å². The van der Waals surface area contributed by atoms with Gasteiger partial charge in [0.25, 0.3) is 0 Å². The molecule has 2 aromatic carbocycles. The summed E-state index contributed by atoms with van der Waals surface area (Å²) in [6.07, 6.45) is 1.10. The number of rotatable bonds is 3. The lowest BCUT2D eigenvalue weighted by Gasteiger charge is -2.12. The SMILES string of the molecule is Cc1cc(-c2ccccc2)cc(C)c1CCBr. The highest BCUT2D eigenvalue weighted by Crippen LogP contribution is 2.25. The Bertz CT molecular complexity index is 477. The monoisotopic (exact) mass is 288 g/mol. The maximum absolute atomic E-state index is 3.52. The Hall–Kier alpha value is -1.08. The van der Waals surface area contributed by atoms with Crippen LogP contribution in [0.1, 0.15) is 16.7 Å². The van der Waals surface area contributed by atoms with Crippen LogP contribution in [0, 0.1) is 13.8 Å². The van der Waals surface area contributed by atoms with Gasteiger partial charge < -0.3 is 0 Å². The molecule has 0 saturated heterocycles. The third kappa shape index (κ3) is 2.78. The van der Waals surface area contributed by atoms with Crippen LogP contribution in [-0.2, 0) is 6.42 Å². The average Bonchev–Trinajstić information content (AvgIpc) is 2.35. The number of hydrogen-bond donors (Lipinski definition) is 0. The highest BCUT2D eigenvalue weighted by atomic mass is 79.9. The van der Waals surface area contributed by atoms with E-state index in [0.717, 1.165) is 11.8 Å². The van der Waals surface area contributed by atoms with Gasteiger partial charge in [0.2, 0.25) is 0 Å². The molecular formula is C16H17Br. The van der Waals surface area contributed by atoms with Crippen molar-refractivity contribution in [3.8, 4) is 11.1 Å². The summed E-state index contributed by atoms with van der Waals surface area (Å²) in [6, 6.07) is 15.2. The number of hydrogen-bond acceptors (Lipinski definition) is 0. The van der Waals surface area contributed by atoms with Crippen LogP contribution in [0.4, 0.5) is 0 Å². The molecule has 0 aliphatic rings. The van der Waals surface area contributed by atoms with E-state index in [9.17, 15) is 0 Å². The molecule has 1 heteroatoms. The fraction of sp³-hybridized carbons (Fsp3) is 0.250. The van der Waals surface area contributed by atoms with Crippen molar-refractivity contribution >= 4 is 15.9 Å². The van der Waals surface area contributed by atoms with E-state index in [1.165, 1.54) is 27.8 Å². The molecule has 0 nitrogen and oxygen atoms in total. The van der Waals surface area contributed by atoms with E-state index in [-0.39, 0.29) is 0 Å². The molecule has 2 rings (SSSR count). The third-order valence-corrected chi connectivity index (χ3v) is 3.54. The second-order valence-corrected chi connectivity index (χ2v) is 5.19. The first kappa shape index (κ1) is 12.4. The summed E-state index contributed by atoms with van der Waals surface area (Å²) in [4.78, 5) is 0. The Balaban J connectivity index is 2.46. The van der Waals surface area contributed by atoms with Crippen LogP contribution in [0.25, 0.3) is 11.1 Å². The lowest BCUT2D eigenvalue weighted by atomic mass is 9.94. The van der Waals surface area contributed by atoms with Crippen molar-refractivity contribution in [3.63, 3.8) is 0 Å². The summed E-state index contributed by atoms with van der Waals surface area (Å²) in [5.74, 6) is 0. The van der Waals surface area contributed by atoms with Crippen molar-refractivity contribution in [2.45, 2.75) is 20.3 Å². The molecule has 0 radical (unpaired) electrons. The maximum Gasteiger partial charge on any atom is 0.00720 e. The van der Waals surface area contributed by atoms with E-state index >= 15 is 0 Å². The normalized spacial score (nSPS) is 10.5. The van der Waals surface area contributed by atoms with Crippen LogP contribution < -0.4 is 0 Å². The standard InChI is InChI=1S/C16H17Br/c1-12-10-15(14-6-4-3-5-7-14)11-13(2)16(12)8-9-17/h3-7,10-11H,8-9H2,1-2H3. The summed E-state index contributed by atoms with van der Waals surface area (Å²) in [5.41, 5.74) is 6.87. The molecular weight excluding hydrogens is 272 g/mol. The number of alkyl halides is 1. The molecule has 88 valence electrons. The van der Waals surface area contributed by atoms with Gasteiger partial charge in [-0.3, -0.25) is 0 Å². The largest absolute Gasteiger partial charge is 0.0924 e. The smallest absolute Gasteiger partial charge is 0.00720 e. The van der Waals surface area contributed by atoms with Gasteiger partial charge in [-0.1, -0.05) is 58.4 Å². The molecule has 0 N–H and O–H groups in total. The summed E-state index contributed by atoms with van der Waals surface area (Å²) in [7, 11) is 0. The molecule has 17 heavy (non-hydrogen) atoms. The molecule has 0 aromatic heterocycles. The second kappa shape index (κ2) is 5.50. The van der Waals surface area contributed by atoms with Gasteiger partial charge in [-0.25, -0.2) is 0 Å². The zero-order valence-corrected chi connectivity index (χ0v) is 11.9. The van der Waals surface area contributed by atoms with Crippen molar-refractivity contribution in [2.75, 3.05) is 5.33 Å². The van der Waals surface area contributed by atoms with Gasteiger partial charge in [-0.15, -0.1) is 0 Å². The second-order valence-electron chi connectivity index (χ2n) is 4.39. The number of halogens is 1. The lowest BCUT2D eigenvalue weighted by Crippen LogP contribution is -1.96. The van der Waals surface area contributed by atoms with Crippen LogP contribution in [0.5, 0.6) is 0 Å². The highest BCUT2D eigenvalue weighted by molar-refractivity contribution is 9.09. The predicted molar refractivity (Wildman–Crippen MR) is 78.9 cm³/mol. The lowest BCUT2D eigenvalue weighted by molar-refractivity contribution is 1.10. The Morgan fingerprint density at radius 3 is 2.00 bits per heavy atom. The molecule has 0 bridgehead atoms. The van der Waals surface area contributed by atoms with E-state index in [2.05, 4.69) is 72.2 Å². The van der Waals surface area contributed by atoms with Gasteiger partial charge in [0.1, 0.15) is 0 Å². The summed E-state index contributed by atoms with van der Waals surface area (Å²) in [6.45, 7) is 4.41. The van der Waals surface area contributed by atoms with E-state index in [1.807, 2.05) is 0 Å². The molecule has 0 amide bonds. The predicted octanol–water partition coefficient (Wildman–Crippen LogP) is 4.91. The molecule has 0 spiro atoms. The zero-order chi connectivity index (χ0) is 12.3. The highest BCUT2D eigenvalue weighted by Gasteiger charge is 2.05. The van der Waals surface area contributed by atoms with Crippen LogP contribution in [-0.4, -0.2) is 5.33 Å². The fourth-order valence-corrected chi connectivity index (χ4v) is 2.68. The van der Waals surface area contributed by atoms with Crippen molar-refractivity contribution in [1.29, 1.82) is 0 Å². The Morgan fingerprint density at radius 1 is 0.882 bits per heavy atom. The zero-order valence-electron chi connectivity index (χ0n) is 10.3. The molecule has 0 aliphatic carbocycles. The Labute approximate surface area is 112 Å². The minimum absolute atomic E-state index is 1.03. The topological polar surface area (TPSA) is 0 Å². The Morgan fingerprint density at radius 2 is 1.47 bits per heavy atom. The average molecular weight is 289 g/mol. The van der Waals surface area contributed by atoms with Gasteiger partial charge in [0, 0.05) is 5.33 Å². The number of aryl methyl sites for hydroxylation is 2. The van der Waals surface area contributed by atoms with E-state index < -0.39 is 0 Å². The number of benzene rings is 2. The van der Waals surface area contributed by atoms with E-state index in [1.54, 1.807) is 0 Å². The van der Waals surface area contributed by atoms with Crippen LogP contribution in [0.15, 0.2) is 42.5 Å². The maximum atomic E-state index is 3.52. The third-order valence-electron chi connectivity index (χ3n) is 3.15. The van der Waals surface area contributed by atoms with Gasteiger partial charge >= 0.3 is 0 Å². The molecule has 0 heterocycles.